The van der Waals surface area contributed by atoms with Crippen LogP contribution in [-0.4, -0.2) is 105 Å². The predicted molar refractivity (Wildman–Crippen MR) is 144 cm³/mol. The van der Waals surface area contributed by atoms with Gasteiger partial charge in [0.05, 0.1) is 85.9 Å². The Kier molecular flexibility index (Phi) is 32.5. The van der Waals surface area contributed by atoms with Crippen molar-refractivity contribution in [3.05, 3.63) is 0 Å². The first kappa shape index (κ1) is 36.2. The molecule has 222 valence electrons. The summed E-state index contributed by atoms with van der Waals surface area (Å²) in [6.45, 7) is 12.2. The lowest BCUT2D eigenvalue weighted by molar-refractivity contribution is -0.145. The molecule has 0 bridgehead atoms. The van der Waals surface area contributed by atoms with Gasteiger partial charge in [-0.05, 0) is 12.8 Å². The third-order valence-corrected chi connectivity index (χ3v) is 5.32. The normalized spacial score (nSPS) is 11.3. The van der Waals surface area contributed by atoms with Gasteiger partial charge in [-0.3, -0.25) is 4.79 Å². The largest absolute Gasteiger partial charge is 0.463 e. The molecule has 0 saturated heterocycles. The number of hydrogen-bond acceptors (Lipinski definition) is 9. The van der Waals surface area contributed by atoms with Crippen molar-refractivity contribution in [2.45, 2.75) is 78.1 Å². The van der Waals surface area contributed by atoms with Crippen molar-refractivity contribution in [3.63, 3.8) is 0 Å². The fraction of sp³-hybridized carbons (Fsp3) is 0.964. The van der Waals surface area contributed by atoms with Crippen LogP contribution in [0, 0.1) is 0 Å². The van der Waals surface area contributed by atoms with Gasteiger partial charge in [-0.1, -0.05) is 58.8 Å². The van der Waals surface area contributed by atoms with E-state index in [-0.39, 0.29) is 12.6 Å². The lowest BCUT2D eigenvalue weighted by Gasteiger charge is -2.08. The Hall–Kier alpha value is -0.810. The van der Waals surface area contributed by atoms with Gasteiger partial charge in [-0.25, -0.2) is 0 Å². The summed E-state index contributed by atoms with van der Waals surface area (Å²) in [7, 11) is 0. The zero-order valence-electron chi connectivity index (χ0n) is 23.9. The van der Waals surface area contributed by atoms with Crippen molar-refractivity contribution in [1.82, 2.24) is 0 Å². The number of ether oxygens (including phenoxy) is 8. The summed E-state index contributed by atoms with van der Waals surface area (Å²) in [5, 5.41) is 0. The summed E-state index contributed by atoms with van der Waals surface area (Å²) in [5.74, 6) is -0.179. The Morgan fingerprint density at radius 3 is 1.08 bits per heavy atom. The van der Waals surface area contributed by atoms with Gasteiger partial charge in [0.2, 0.25) is 0 Å². The summed E-state index contributed by atoms with van der Waals surface area (Å²) >= 11 is 0. The van der Waals surface area contributed by atoms with Crippen molar-refractivity contribution < 1.29 is 42.7 Å². The van der Waals surface area contributed by atoms with Crippen LogP contribution < -0.4 is 0 Å². The van der Waals surface area contributed by atoms with E-state index in [1.165, 1.54) is 44.9 Å². The van der Waals surface area contributed by atoms with Crippen molar-refractivity contribution in [2.75, 3.05) is 99.1 Å². The molecule has 0 N–H and O–H groups in total. The molecule has 0 rings (SSSR count). The smallest absolute Gasteiger partial charge is 0.305 e. The van der Waals surface area contributed by atoms with E-state index in [2.05, 4.69) is 6.92 Å². The molecule has 0 aromatic heterocycles. The van der Waals surface area contributed by atoms with Crippen molar-refractivity contribution >= 4 is 5.97 Å². The second-order valence-electron chi connectivity index (χ2n) is 8.73. The Labute approximate surface area is 226 Å². The van der Waals surface area contributed by atoms with Crippen LogP contribution in [0.15, 0.2) is 0 Å². The second-order valence-corrected chi connectivity index (χ2v) is 8.73. The Morgan fingerprint density at radius 1 is 0.378 bits per heavy atom. The monoisotopic (exact) mass is 536 g/mol. The lowest BCUT2D eigenvalue weighted by atomic mass is 10.1. The number of rotatable bonds is 32. The summed E-state index contributed by atoms with van der Waals surface area (Å²) < 4.78 is 43.2. The fourth-order valence-electron chi connectivity index (χ4n) is 3.25. The van der Waals surface area contributed by atoms with Crippen LogP contribution in [0.2, 0.25) is 0 Å². The first-order valence-corrected chi connectivity index (χ1v) is 14.5. The molecular weight excluding hydrogens is 480 g/mol. The molecule has 0 amide bonds. The number of unbranched alkanes of at least 4 members (excludes halogenated alkanes) is 7. The molecule has 0 radical (unpaired) electrons. The van der Waals surface area contributed by atoms with E-state index in [4.69, 9.17) is 37.9 Å². The SMILES string of the molecule is CCCCCCCCCCOCCOCCOCCOCCOCCOCCOCCOC(=O)CCC. The first-order chi connectivity index (χ1) is 18.3. The van der Waals surface area contributed by atoms with E-state index < -0.39 is 0 Å². The number of carbonyl (C=O) groups is 1. The summed E-state index contributed by atoms with van der Waals surface area (Å²) in [4.78, 5) is 11.2. The van der Waals surface area contributed by atoms with E-state index in [1.807, 2.05) is 6.92 Å². The molecule has 0 fully saturated rings. The van der Waals surface area contributed by atoms with Crippen molar-refractivity contribution in [2.24, 2.45) is 0 Å². The van der Waals surface area contributed by atoms with Crippen LogP contribution in [0.25, 0.3) is 0 Å². The fourth-order valence-corrected chi connectivity index (χ4v) is 3.25. The molecule has 0 aliphatic carbocycles. The van der Waals surface area contributed by atoms with E-state index in [0.717, 1.165) is 19.4 Å². The highest BCUT2D eigenvalue weighted by Crippen LogP contribution is 2.08. The van der Waals surface area contributed by atoms with E-state index in [1.54, 1.807) is 0 Å². The van der Waals surface area contributed by atoms with Gasteiger partial charge >= 0.3 is 5.97 Å². The molecule has 0 aliphatic rings. The number of hydrogen-bond donors (Lipinski definition) is 0. The van der Waals surface area contributed by atoms with Gasteiger partial charge in [0.1, 0.15) is 6.61 Å². The zero-order valence-corrected chi connectivity index (χ0v) is 23.9. The number of esters is 1. The average Bonchev–Trinajstić information content (AvgIpc) is 2.90. The molecule has 0 aliphatic heterocycles. The van der Waals surface area contributed by atoms with Gasteiger partial charge in [0.15, 0.2) is 0 Å². The zero-order chi connectivity index (χ0) is 26.9. The van der Waals surface area contributed by atoms with Gasteiger partial charge < -0.3 is 37.9 Å². The van der Waals surface area contributed by atoms with Crippen LogP contribution in [0.3, 0.4) is 0 Å². The lowest BCUT2D eigenvalue weighted by Crippen LogP contribution is -2.15. The second kappa shape index (κ2) is 33.2. The van der Waals surface area contributed by atoms with Crippen LogP contribution in [-0.2, 0) is 42.7 Å². The maximum atomic E-state index is 11.2. The maximum Gasteiger partial charge on any atom is 0.305 e. The molecule has 0 aromatic rings. The van der Waals surface area contributed by atoms with Crippen LogP contribution >= 0.6 is 0 Å². The maximum absolute atomic E-state index is 11.2. The molecular formula is C28H56O9. The molecule has 9 heteroatoms. The molecule has 0 spiro atoms. The summed E-state index contributed by atoms with van der Waals surface area (Å²) in [6, 6.07) is 0. The van der Waals surface area contributed by atoms with Gasteiger partial charge in [0.25, 0.3) is 0 Å². The minimum Gasteiger partial charge on any atom is -0.463 e. The Balaban J connectivity index is 3.04. The third-order valence-electron chi connectivity index (χ3n) is 5.32. The van der Waals surface area contributed by atoms with E-state index >= 15 is 0 Å². The minimum absolute atomic E-state index is 0.179. The topological polar surface area (TPSA) is 90.9 Å². The standard InChI is InChI=1S/C28H56O9/c1-3-5-6-7-8-9-10-11-13-30-14-15-31-16-17-32-18-19-33-20-21-34-22-23-35-24-25-36-26-27-37-28(29)12-4-2/h3-27H2,1-2H3. The molecule has 0 heterocycles. The first-order valence-electron chi connectivity index (χ1n) is 14.5. The van der Waals surface area contributed by atoms with Gasteiger partial charge in [0, 0.05) is 13.0 Å². The Morgan fingerprint density at radius 2 is 0.703 bits per heavy atom. The highest BCUT2D eigenvalue weighted by Gasteiger charge is 2.00. The molecule has 37 heavy (non-hydrogen) atoms. The van der Waals surface area contributed by atoms with Crippen molar-refractivity contribution in [1.29, 1.82) is 0 Å². The molecule has 0 atom stereocenters. The highest BCUT2D eigenvalue weighted by molar-refractivity contribution is 5.69. The molecule has 0 aromatic carbocycles. The third kappa shape index (κ3) is 33.2. The quantitative estimate of drug-likeness (QED) is 0.0904. The summed E-state index contributed by atoms with van der Waals surface area (Å²) in [5.41, 5.74) is 0. The average molecular weight is 537 g/mol. The van der Waals surface area contributed by atoms with Crippen LogP contribution in [0.1, 0.15) is 78.1 Å². The van der Waals surface area contributed by atoms with Crippen molar-refractivity contribution in [3.8, 4) is 0 Å². The van der Waals surface area contributed by atoms with Crippen LogP contribution in [0.5, 0.6) is 0 Å². The van der Waals surface area contributed by atoms with Gasteiger partial charge in [-0.15, -0.1) is 0 Å². The van der Waals surface area contributed by atoms with E-state index in [0.29, 0.717) is 92.3 Å². The molecule has 9 nitrogen and oxygen atoms in total. The minimum atomic E-state index is -0.179. The Bertz CT molecular complexity index is 438. The molecule has 0 unspecified atom stereocenters. The predicted octanol–water partition coefficient (Wildman–Crippen LogP) is 4.59. The summed E-state index contributed by atoms with van der Waals surface area (Å²) in [6.07, 6.45) is 11.8. The van der Waals surface area contributed by atoms with E-state index in [9.17, 15) is 4.79 Å². The number of carbonyl (C=O) groups excluding carboxylic acids is 1. The van der Waals surface area contributed by atoms with Crippen LogP contribution in [0.4, 0.5) is 0 Å². The highest BCUT2D eigenvalue weighted by atomic mass is 16.6. The van der Waals surface area contributed by atoms with Gasteiger partial charge in [-0.2, -0.15) is 0 Å². The molecule has 0 saturated carbocycles.